The predicted octanol–water partition coefficient (Wildman–Crippen LogP) is 5.39. The van der Waals surface area contributed by atoms with E-state index in [2.05, 4.69) is 45.3 Å². The third kappa shape index (κ3) is 4.36. The number of thiazole rings is 1. The molecule has 2 fully saturated rings. The number of hydrogen-bond acceptors (Lipinski definition) is 4. The van der Waals surface area contributed by atoms with Crippen LogP contribution < -0.4 is 5.32 Å². The van der Waals surface area contributed by atoms with E-state index < -0.39 is 0 Å². The van der Waals surface area contributed by atoms with Crippen LogP contribution in [0.2, 0.25) is 0 Å². The summed E-state index contributed by atoms with van der Waals surface area (Å²) in [4.78, 5) is 34.0. The molecule has 5 nitrogen and oxygen atoms in total. The number of amides is 2. The molecule has 3 unspecified atom stereocenters. The average Bonchev–Trinajstić information content (AvgIpc) is 3.30. The van der Waals surface area contributed by atoms with Crippen molar-refractivity contribution in [2.75, 3.05) is 13.1 Å². The summed E-state index contributed by atoms with van der Waals surface area (Å²) in [5.74, 6) is 0.840. The molecule has 1 saturated heterocycles. The molecule has 3 atom stereocenters. The van der Waals surface area contributed by atoms with Gasteiger partial charge in [0.1, 0.15) is 5.69 Å². The van der Waals surface area contributed by atoms with E-state index in [1.165, 1.54) is 0 Å². The van der Waals surface area contributed by atoms with Crippen LogP contribution in [-0.2, 0) is 0 Å². The number of nitrogens with one attached hydrogen (secondary N) is 1. The predicted molar refractivity (Wildman–Crippen MR) is 135 cm³/mol. The second-order valence-corrected chi connectivity index (χ2v) is 11.2. The fourth-order valence-electron chi connectivity index (χ4n) is 4.86. The first-order valence-electron chi connectivity index (χ1n) is 11.2. The van der Waals surface area contributed by atoms with Gasteiger partial charge in [-0.1, -0.05) is 41.5 Å². The van der Waals surface area contributed by atoms with Crippen molar-refractivity contribution < 1.29 is 9.59 Å². The monoisotopic (exact) mass is 523 g/mol. The van der Waals surface area contributed by atoms with Crippen LogP contribution >= 0.6 is 27.3 Å². The van der Waals surface area contributed by atoms with Gasteiger partial charge in [0.2, 0.25) is 0 Å². The number of aromatic nitrogens is 1. The number of likely N-dealkylation sites (tertiary alicyclic amines) is 1. The van der Waals surface area contributed by atoms with E-state index in [0.717, 1.165) is 44.0 Å². The van der Waals surface area contributed by atoms with Crippen molar-refractivity contribution in [1.29, 1.82) is 0 Å². The molecule has 0 radical (unpaired) electrons. The highest BCUT2D eigenvalue weighted by Gasteiger charge is 2.54. The maximum atomic E-state index is 13.7. The minimum absolute atomic E-state index is 0.00222. The molecular formula is C26H26BrN3O2S. The lowest BCUT2D eigenvalue weighted by Gasteiger charge is -2.27. The number of carbonyl (C=O) groups is 2. The number of rotatable bonds is 5. The Labute approximate surface area is 206 Å². The standard InChI is InChI=1S/C26H26BrN3O2S/c1-14-5-4-6-17(9-14)24-23(29-16(3)33-24)26(32)30-13-18-11-19(18)22(30)12-28-25(31)20-10-15(2)7-8-21(20)27/h4-10,18-19,22H,11-13H2,1-3H3,(H,28,31). The van der Waals surface area contributed by atoms with Gasteiger partial charge >= 0.3 is 0 Å². The fraction of sp³-hybridized carbons (Fsp3) is 0.346. The molecule has 2 aliphatic rings. The smallest absolute Gasteiger partial charge is 0.274 e. The zero-order chi connectivity index (χ0) is 23.3. The highest BCUT2D eigenvalue weighted by molar-refractivity contribution is 9.10. The highest BCUT2D eigenvalue weighted by atomic mass is 79.9. The number of fused-ring (bicyclic) bond motifs is 1. The average molecular weight is 524 g/mol. The van der Waals surface area contributed by atoms with Gasteiger partial charge in [-0.15, -0.1) is 11.3 Å². The minimum Gasteiger partial charge on any atom is -0.350 e. The van der Waals surface area contributed by atoms with Crippen molar-refractivity contribution in [2.45, 2.75) is 33.2 Å². The second-order valence-electron chi connectivity index (χ2n) is 9.16. The maximum absolute atomic E-state index is 13.7. The summed E-state index contributed by atoms with van der Waals surface area (Å²) < 4.78 is 0.773. The van der Waals surface area contributed by atoms with Crippen molar-refractivity contribution in [1.82, 2.24) is 15.2 Å². The quantitative estimate of drug-likeness (QED) is 0.487. The van der Waals surface area contributed by atoms with E-state index in [9.17, 15) is 9.59 Å². The topological polar surface area (TPSA) is 62.3 Å². The molecule has 0 spiro atoms. The molecule has 170 valence electrons. The SMILES string of the molecule is Cc1cccc(-c2sc(C)nc2C(=O)N2CC3CC3C2CNC(=O)c2cc(C)ccc2Br)c1. The lowest BCUT2D eigenvalue weighted by atomic mass is 10.1. The van der Waals surface area contributed by atoms with Crippen LogP contribution in [0.1, 0.15) is 43.4 Å². The van der Waals surface area contributed by atoms with Gasteiger partial charge < -0.3 is 10.2 Å². The molecule has 33 heavy (non-hydrogen) atoms. The van der Waals surface area contributed by atoms with E-state index in [4.69, 9.17) is 0 Å². The first kappa shape index (κ1) is 22.3. The summed E-state index contributed by atoms with van der Waals surface area (Å²) in [6, 6.07) is 13.9. The minimum atomic E-state index is -0.118. The maximum Gasteiger partial charge on any atom is 0.274 e. The van der Waals surface area contributed by atoms with E-state index in [0.29, 0.717) is 29.6 Å². The molecule has 5 rings (SSSR count). The molecule has 1 aliphatic carbocycles. The van der Waals surface area contributed by atoms with Crippen LogP contribution in [0.4, 0.5) is 0 Å². The zero-order valence-corrected chi connectivity index (χ0v) is 21.3. The Balaban J connectivity index is 1.36. The number of carbonyl (C=O) groups excluding carboxylic acids is 2. The van der Waals surface area contributed by atoms with E-state index >= 15 is 0 Å². The normalized spacial score (nSPS) is 21.1. The van der Waals surface area contributed by atoms with Crippen molar-refractivity contribution in [3.05, 3.63) is 74.3 Å². The Hall–Kier alpha value is -2.51. The molecule has 2 heterocycles. The Morgan fingerprint density at radius 2 is 1.94 bits per heavy atom. The van der Waals surface area contributed by atoms with E-state index in [1.807, 2.05) is 49.1 Å². The number of nitrogens with zero attached hydrogens (tertiary/aromatic N) is 2. The van der Waals surface area contributed by atoms with Gasteiger partial charge in [0, 0.05) is 17.6 Å². The van der Waals surface area contributed by atoms with Gasteiger partial charge in [-0.05, 0) is 72.7 Å². The molecule has 2 amide bonds. The van der Waals surface area contributed by atoms with Crippen LogP contribution in [0.15, 0.2) is 46.9 Å². The molecule has 0 bridgehead atoms. The molecule has 2 aromatic carbocycles. The lowest BCUT2D eigenvalue weighted by Crippen LogP contribution is -2.45. The van der Waals surface area contributed by atoms with Crippen LogP contribution in [0.3, 0.4) is 0 Å². The summed E-state index contributed by atoms with van der Waals surface area (Å²) in [7, 11) is 0. The molecule has 1 N–H and O–H groups in total. The number of piperidine rings is 1. The van der Waals surface area contributed by atoms with Gasteiger partial charge in [0.25, 0.3) is 11.8 Å². The van der Waals surface area contributed by atoms with Crippen molar-refractivity contribution in [2.24, 2.45) is 11.8 Å². The van der Waals surface area contributed by atoms with Gasteiger partial charge in [-0.2, -0.15) is 0 Å². The Bertz CT molecular complexity index is 1250. The highest BCUT2D eigenvalue weighted by Crippen LogP contribution is 2.50. The van der Waals surface area contributed by atoms with Crippen molar-refractivity contribution in [3.8, 4) is 10.4 Å². The number of benzene rings is 2. The van der Waals surface area contributed by atoms with Crippen LogP contribution in [0.25, 0.3) is 10.4 Å². The van der Waals surface area contributed by atoms with E-state index in [-0.39, 0.29) is 17.9 Å². The van der Waals surface area contributed by atoms with Crippen LogP contribution in [-0.4, -0.2) is 40.8 Å². The number of aryl methyl sites for hydroxylation is 3. The van der Waals surface area contributed by atoms with Crippen molar-refractivity contribution in [3.63, 3.8) is 0 Å². The summed E-state index contributed by atoms with van der Waals surface area (Å²) in [6.07, 6.45) is 1.12. The molecule has 1 aliphatic heterocycles. The van der Waals surface area contributed by atoms with Crippen LogP contribution in [0.5, 0.6) is 0 Å². The lowest BCUT2D eigenvalue weighted by molar-refractivity contribution is 0.0690. The third-order valence-electron chi connectivity index (χ3n) is 6.62. The van der Waals surface area contributed by atoms with Gasteiger partial charge in [0.15, 0.2) is 0 Å². The molecule has 7 heteroatoms. The zero-order valence-electron chi connectivity index (χ0n) is 18.9. The Morgan fingerprint density at radius 1 is 1.15 bits per heavy atom. The fourth-order valence-corrected chi connectivity index (χ4v) is 6.20. The van der Waals surface area contributed by atoms with Crippen molar-refractivity contribution >= 4 is 39.1 Å². The summed E-state index contributed by atoms with van der Waals surface area (Å²) in [5, 5.41) is 3.96. The number of halogens is 1. The largest absolute Gasteiger partial charge is 0.350 e. The first-order valence-corrected chi connectivity index (χ1v) is 12.8. The second kappa shape index (κ2) is 8.69. The molecule has 1 saturated carbocycles. The third-order valence-corrected chi connectivity index (χ3v) is 8.33. The Morgan fingerprint density at radius 3 is 2.73 bits per heavy atom. The molecule has 1 aromatic heterocycles. The summed E-state index contributed by atoms with van der Waals surface area (Å²) in [6.45, 7) is 7.16. The van der Waals surface area contributed by atoms with E-state index in [1.54, 1.807) is 11.3 Å². The van der Waals surface area contributed by atoms with Gasteiger partial charge in [-0.25, -0.2) is 4.98 Å². The molecular weight excluding hydrogens is 498 g/mol. The number of hydrogen-bond donors (Lipinski definition) is 1. The van der Waals surface area contributed by atoms with Gasteiger partial charge in [-0.3, -0.25) is 9.59 Å². The van der Waals surface area contributed by atoms with Gasteiger partial charge in [0.05, 0.1) is 21.5 Å². The van der Waals surface area contributed by atoms with Crippen LogP contribution in [0, 0.1) is 32.6 Å². The summed E-state index contributed by atoms with van der Waals surface area (Å²) >= 11 is 5.04. The first-order chi connectivity index (χ1) is 15.8. The Kier molecular flexibility index (Phi) is 5.87. The summed E-state index contributed by atoms with van der Waals surface area (Å²) in [5.41, 5.74) is 4.37. The molecule has 3 aromatic rings.